The number of carbonyl (C=O) groups is 1. The third kappa shape index (κ3) is 3.95. The van der Waals surface area contributed by atoms with Crippen molar-refractivity contribution in [3.05, 3.63) is 40.7 Å². The Morgan fingerprint density at radius 2 is 2.08 bits per heavy atom. The molecule has 0 radical (unpaired) electrons. The van der Waals surface area contributed by atoms with Crippen molar-refractivity contribution in [3.8, 4) is 11.5 Å². The zero-order valence-corrected chi connectivity index (χ0v) is 15.1. The van der Waals surface area contributed by atoms with Crippen LogP contribution < -0.4 is 14.8 Å². The molecule has 1 aromatic carbocycles. The van der Waals surface area contributed by atoms with Gasteiger partial charge in [-0.05, 0) is 31.9 Å². The summed E-state index contributed by atoms with van der Waals surface area (Å²) in [5, 5.41) is 7.38. The quantitative estimate of drug-likeness (QED) is 0.906. The molecule has 1 aromatic heterocycles. The predicted octanol–water partition coefficient (Wildman–Crippen LogP) is 2.45. The van der Waals surface area contributed by atoms with Gasteiger partial charge in [0, 0.05) is 37.7 Å². The third-order valence-electron chi connectivity index (χ3n) is 4.59. The molecule has 6 nitrogen and oxygen atoms in total. The molecule has 0 fully saturated rings. The van der Waals surface area contributed by atoms with Crippen LogP contribution >= 0.6 is 0 Å². The van der Waals surface area contributed by atoms with Crippen LogP contribution in [0.4, 0.5) is 0 Å². The Morgan fingerprint density at radius 3 is 2.84 bits per heavy atom. The summed E-state index contributed by atoms with van der Waals surface area (Å²) < 4.78 is 13.3. The van der Waals surface area contributed by atoms with Crippen molar-refractivity contribution < 1.29 is 14.3 Å². The highest BCUT2D eigenvalue weighted by Gasteiger charge is 2.15. The van der Waals surface area contributed by atoms with E-state index >= 15 is 0 Å². The molecule has 0 unspecified atom stereocenters. The van der Waals surface area contributed by atoms with Gasteiger partial charge < -0.3 is 14.8 Å². The second-order valence-corrected chi connectivity index (χ2v) is 6.34. The van der Waals surface area contributed by atoms with Crippen LogP contribution in [0.15, 0.2) is 18.2 Å². The highest BCUT2D eigenvalue weighted by Crippen LogP contribution is 2.33. The molecule has 134 valence electrons. The van der Waals surface area contributed by atoms with Crippen molar-refractivity contribution >= 4 is 5.91 Å². The van der Waals surface area contributed by atoms with Crippen LogP contribution in [-0.2, 0) is 24.8 Å². The zero-order chi connectivity index (χ0) is 17.8. The van der Waals surface area contributed by atoms with Crippen LogP contribution in [-0.4, -0.2) is 28.9 Å². The molecule has 1 aliphatic heterocycles. The molecule has 0 aliphatic carbocycles. The minimum absolute atomic E-state index is 0.0230. The van der Waals surface area contributed by atoms with Crippen molar-refractivity contribution in [2.75, 3.05) is 13.2 Å². The topological polar surface area (TPSA) is 65.4 Å². The number of rotatable bonds is 5. The summed E-state index contributed by atoms with van der Waals surface area (Å²) in [6.45, 7) is 5.75. The molecule has 0 saturated carbocycles. The number of para-hydroxylation sites is 1. The van der Waals surface area contributed by atoms with Crippen LogP contribution in [0, 0.1) is 13.8 Å². The fourth-order valence-electron chi connectivity index (χ4n) is 3.09. The lowest BCUT2D eigenvalue weighted by molar-refractivity contribution is -0.121. The number of amides is 1. The molecule has 0 atom stereocenters. The van der Waals surface area contributed by atoms with Crippen molar-refractivity contribution in [1.29, 1.82) is 0 Å². The SMILES string of the molecule is Cc1nn(C)c(C)c1CCC(=O)NCc1cccc2c1OCCCO2. The van der Waals surface area contributed by atoms with Gasteiger partial charge in [0.2, 0.25) is 5.91 Å². The fraction of sp³-hybridized carbons (Fsp3) is 0.474. The maximum Gasteiger partial charge on any atom is 0.220 e. The summed E-state index contributed by atoms with van der Waals surface area (Å²) in [5.41, 5.74) is 4.21. The molecule has 1 N–H and O–H groups in total. The van der Waals surface area contributed by atoms with Gasteiger partial charge in [-0.3, -0.25) is 9.48 Å². The molecular weight excluding hydrogens is 318 g/mol. The summed E-state index contributed by atoms with van der Waals surface area (Å²) in [5.74, 6) is 1.53. The number of ether oxygens (including phenoxy) is 2. The van der Waals surface area contributed by atoms with Crippen molar-refractivity contribution in [2.24, 2.45) is 7.05 Å². The molecule has 0 spiro atoms. The minimum Gasteiger partial charge on any atom is -0.490 e. The van der Waals surface area contributed by atoms with E-state index in [1.165, 1.54) is 0 Å². The summed E-state index contributed by atoms with van der Waals surface area (Å²) in [6, 6.07) is 5.79. The van der Waals surface area contributed by atoms with Crippen LogP contribution in [0.1, 0.15) is 35.4 Å². The van der Waals surface area contributed by atoms with Gasteiger partial charge >= 0.3 is 0 Å². The Bertz CT molecular complexity index is 768. The van der Waals surface area contributed by atoms with Crippen LogP contribution in [0.25, 0.3) is 0 Å². The average Bonchev–Trinajstić information content (AvgIpc) is 2.78. The predicted molar refractivity (Wildman–Crippen MR) is 94.9 cm³/mol. The molecular formula is C19H25N3O3. The number of fused-ring (bicyclic) bond motifs is 1. The first-order chi connectivity index (χ1) is 12.1. The number of hydrogen-bond donors (Lipinski definition) is 1. The first kappa shape index (κ1) is 17.3. The van der Waals surface area contributed by atoms with Gasteiger partial charge in [-0.1, -0.05) is 12.1 Å². The Morgan fingerprint density at radius 1 is 1.28 bits per heavy atom. The Kier molecular flexibility index (Phi) is 5.26. The number of hydrogen-bond acceptors (Lipinski definition) is 4. The molecule has 1 aliphatic rings. The largest absolute Gasteiger partial charge is 0.490 e. The number of carbonyl (C=O) groups excluding carboxylic acids is 1. The first-order valence-electron chi connectivity index (χ1n) is 8.69. The summed E-state index contributed by atoms with van der Waals surface area (Å²) in [6.07, 6.45) is 2.01. The monoisotopic (exact) mass is 343 g/mol. The van der Waals surface area contributed by atoms with E-state index in [2.05, 4.69) is 10.4 Å². The Labute approximate surface area is 148 Å². The molecule has 2 heterocycles. The van der Waals surface area contributed by atoms with Gasteiger partial charge in [-0.25, -0.2) is 0 Å². The normalized spacial score (nSPS) is 13.4. The molecule has 2 aromatic rings. The number of benzene rings is 1. The van der Waals surface area contributed by atoms with Crippen LogP contribution in [0.2, 0.25) is 0 Å². The van der Waals surface area contributed by atoms with Gasteiger partial charge in [-0.2, -0.15) is 5.10 Å². The van der Waals surface area contributed by atoms with E-state index in [1.807, 2.05) is 43.8 Å². The van der Waals surface area contributed by atoms with E-state index in [9.17, 15) is 4.79 Å². The van der Waals surface area contributed by atoms with Crippen molar-refractivity contribution in [2.45, 2.75) is 39.7 Å². The van der Waals surface area contributed by atoms with E-state index in [-0.39, 0.29) is 5.91 Å². The summed E-state index contributed by atoms with van der Waals surface area (Å²) in [7, 11) is 1.93. The smallest absolute Gasteiger partial charge is 0.220 e. The van der Waals surface area contributed by atoms with Crippen molar-refractivity contribution in [3.63, 3.8) is 0 Å². The molecule has 0 saturated heterocycles. The number of nitrogens with zero attached hydrogens (tertiary/aromatic N) is 2. The minimum atomic E-state index is 0.0230. The second kappa shape index (κ2) is 7.59. The fourth-order valence-corrected chi connectivity index (χ4v) is 3.09. The van der Waals surface area contributed by atoms with E-state index < -0.39 is 0 Å². The van der Waals surface area contributed by atoms with Gasteiger partial charge in [0.15, 0.2) is 11.5 Å². The number of nitrogens with one attached hydrogen (secondary N) is 1. The second-order valence-electron chi connectivity index (χ2n) is 6.34. The molecule has 0 bridgehead atoms. The Balaban J connectivity index is 1.58. The molecule has 6 heteroatoms. The van der Waals surface area contributed by atoms with Gasteiger partial charge in [0.1, 0.15) is 0 Å². The summed E-state index contributed by atoms with van der Waals surface area (Å²) >= 11 is 0. The molecule has 3 rings (SSSR count). The maximum atomic E-state index is 12.2. The zero-order valence-electron chi connectivity index (χ0n) is 15.1. The van der Waals surface area contributed by atoms with E-state index in [4.69, 9.17) is 9.47 Å². The van der Waals surface area contributed by atoms with Gasteiger partial charge in [0.05, 0.1) is 18.9 Å². The van der Waals surface area contributed by atoms with Crippen LogP contribution in [0.3, 0.4) is 0 Å². The van der Waals surface area contributed by atoms with Crippen LogP contribution in [0.5, 0.6) is 11.5 Å². The number of aromatic nitrogens is 2. The van der Waals surface area contributed by atoms with E-state index in [0.717, 1.165) is 40.4 Å². The first-order valence-corrected chi connectivity index (χ1v) is 8.69. The third-order valence-corrected chi connectivity index (χ3v) is 4.59. The summed E-state index contributed by atoms with van der Waals surface area (Å²) in [4.78, 5) is 12.2. The highest BCUT2D eigenvalue weighted by atomic mass is 16.5. The number of aryl methyl sites for hydroxylation is 2. The van der Waals surface area contributed by atoms with Crippen molar-refractivity contribution in [1.82, 2.24) is 15.1 Å². The van der Waals surface area contributed by atoms with E-state index in [0.29, 0.717) is 32.6 Å². The lowest BCUT2D eigenvalue weighted by Crippen LogP contribution is -2.23. The average molecular weight is 343 g/mol. The van der Waals surface area contributed by atoms with Gasteiger partial charge in [0.25, 0.3) is 0 Å². The standard InChI is InChI=1S/C19H25N3O3/c1-13-16(14(2)22(3)21-13)8-9-18(23)20-12-15-6-4-7-17-19(15)25-11-5-10-24-17/h4,6-7H,5,8-12H2,1-3H3,(H,20,23). The maximum absolute atomic E-state index is 12.2. The van der Waals surface area contributed by atoms with Gasteiger partial charge in [-0.15, -0.1) is 0 Å². The molecule has 25 heavy (non-hydrogen) atoms. The lowest BCUT2D eigenvalue weighted by atomic mass is 10.1. The highest BCUT2D eigenvalue weighted by molar-refractivity contribution is 5.76. The molecule has 1 amide bonds. The van der Waals surface area contributed by atoms with E-state index in [1.54, 1.807) is 0 Å². The Hall–Kier alpha value is -2.50. The lowest BCUT2D eigenvalue weighted by Gasteiger charge is -2.13.